The van der Waals surface area contributed by atoms with Crippen molar-refractivity contribution in [1.29, 1.82) is 0 Å². The van der Waals surface area contributed by atoms with Crippen LogP contribution in [0.5, 0.6) is 5.75 Å². The third-order valence-electron chi connectivity index (χ3n) is 4.67. The summed E-state index contributed by atoms with van der Waals surface area (Å²) in [7, 11) is -2.37. The maximum atomic E-state index is 12.8. The van der Waals surface area contributed by atoms with Crippen molar-refractivity contribution in [1.82, 2.24) is 4.72 Å². The van der Waals surface area contributed by atoms with Crippen molar-refractivity contribution in [3.63, 3.8) is 0 Å². The largest absolute Gasteiger partial charge is 0.495 e. The van der Waals surface area contributed by atoms with Gasteiger partial charge >= 0.3 is 0 Å². The molecular formula is C19H23NO4S. The van der Waals surface area contributed by atoms with E-state index in [0.717, 1.165) is 24.0 Å². The van der Waals surface area contributed by atoms with E-state index in [4.69, 9.17) is 4.74 Å². The molecule has 2 N–H and O–H groups in total. The summed E-state index contributed by atoms with van der Waals surface area (Å²) >= 11 is 0. The normalized spacial score (nSPS) is 17.1. The fourth-order valence-electron chi connectivity index (χ4n) is 3.05. The van der Waals surface area contributed by atoms with Crippen molar-refractivity contribution >= 4 is 10.0 Å². The zero-order valence-corrected chi connectivity index (χ0v) is 15.2. The molecule has 2 aromatic carbocycles. The Bertz CT molecular complexity index is 847. The van der Waals surface area contributed by atoms with E-state index in [2.05, 4.69) is 4.72 Å². The van der Waals surface area contributed by atoms with Crippen LogP contribution < -0.4 is 9.46 Å². The molecule has 0 heterocycles. The molecule has 0 radical (unpaired) electrons. The Labute approximate surface area is 148 Å². The van der Waals surface area contributed by atoms with E-state index in [1.807, 2.05) is 37.3 Å². The van der Waals surface area contributed by atoms with Crippen LogP contribution in [0.25, 0.3) is 0 Å². The van der Waals surface area contributed by atoms with Crippen LogP contribution in [0.2, 0.25) is 0 Å². The third-order valence-corrected chi connectivity index (χ3v) is 6.09. The summed E-state index contributed by atoms with van der Waals surface area (Å²) in [5, 5.41) is 11.2. The minimum Gasteiger partial charge on any atom is -0.495 e. The minimum absolute atomic E-state index is 0.0667. The SMILES string of the molecule is COc1ccc(C)cc1S(=O)(=O)NCC(O)(c1ccccc1)C1CC1. The molecule has 134 valence electrons. The average molecular weight is 361 g/mol. The summed E-state index contributed by atoms with van der Waals surface area (Å²) in [6.45, 7) is 1.75. The third kappa shape index (κ3) is 3.71. The minimum atomic E-state index is -3.81. The molecule has 6 heteroatoms. The van der Waals surface area contributed by atoms with Gasteiger partial charge in [-0.1, -0.05) is 36.4 Å². The molecule has 1 atom stereocenters. The summed E-state index contributed by atoms with van der Waals surface area (Å²) in [5.41, 5.74) is 0.351. The van der Waals surface area contributed by atoms with Crippen LogP contribution in [0, 0.1) is 12.8 Å². The number of hydrogen-bond acceptors (Lipinski definition) is 4. The highest BCUT2D eigenvalue weighted by Crippen LogP contribution is 2.45. The lowest BCUT2D eigenvalue weighted by Crippen LogP contribution is -2.42. The lowest BCUT2D eigenvalue weighted by molar-refractivity contribution is 0.0185. The van der Waals surface area contributed by atoms with Crippen LogP contribution in [0.15, 0.2) is 53.4 Å². The van der Waals surface area contributed by atoms with Gasteiger partial charge in [-0.25, -0.2) is 13.1 Å². The van der Waals surface area contributed by atoms with Crippen molar-refractivity contribution in [3.05, 3.63) is 59.7 Å². The Balaban J connectivity index is 1.87. The number of hydrogen-bond donors (Lipinski definition) is 2. The van der Waals surface area contributed by atoms with Gasteiger partial charge in [-0.05, 0) is 48.9 Å². The van der Waals surface area contributed by atoms with E-state index >= 15 is 0 Å². The first-order valence-electron chi connectivity index (χ1n) is 8.29. The number of aryl methyl sites for hydroxylation is 1. The highest BCUT2D eigenvalue weighted by atomic mass is 32.2. The number of rotatable bonds is 7. The maximum absolute atomic E-state index is 12.8. The van der Waals surface area contributed by atoms with E-state index < -0.39 is 15.6 Å². The van der Waals surface area contributed by atoms with Gasteiger partial charge in [0.05, 0.1) is 7.11 Å². The summed E-state index contributed by atoms with van der Waals surface area (Å²) in [4.78, 5) is 0.0845. The molecule has 1 saturated carbocycles. The molecule has 0 aromatic heterocycles. The smallest absolute Gasteiger partial charge is 0.244 e. The molecule has 5 nitrogen and oxygen atoms in total. The van der Waals surface area contributed by atoms with Crippen LogP contribution in [-0.2, 0) is 15.6 Å². The quantitative estimate of drug-likeness (QED) is 0.795. The van der Waals surface area contributed by atoms with Gasteiger partial charge in [0.1, 0.15) is 16.2 Å². The Morgan fingerprint density at radius 1 is 1.20 bits per heavy atom. The first-order valence-corrected chi connectivity index (χ1v) is 9.77. The second-order valence-electron chi connectivity index (χ2n) is 6.54. The first kappa shape index (κ1) is 17.9. The van der Waals surface area contributed by atoms with Crippen LogP contribution in [0.3, 0.4) is 0 Å². The molecule has 3 rings (SSSR count). The summed E-state index contributed by atoms with van der Waals surface area (Å²) in [6.07, 6.45) is 1.78. The lowest BCUT2D eigenvalue weighted by Gasteiger charge is -2.29. The highest BCUT2D eigenvalue weighted by Gasteiger charge is 2.45. The van der Waals surface area contributed by atoms with Gasteiger partial charge in [0.15, 0.2) is 0 Å². The van der Waals surface area contributed by atoms with Crippen LogP contribution in [0.4, 0.5) is 0 Å². The predicted octanol–water partition coefficient (Wildman–Crippen LogP) is 2.58. The maximum Gasteiger partial charge on any atom is 0.244 e. The topological polar surface area (TPSA) is 75.6 Å². The molecule has 25 heavy (non-hydrogen) atoms. The molecule has 0 bridgehead atoms. The summed E-state index contributed by atoms with van der Waals surface area (Å²) < 4.78 is 33.3. The molecule has 0 saturated heterocycles. The molecule has 1 aliphatic rings. The summed E-state index contributed by atoms with van der Waals surface area (Å²) in [5.74, 6) is 0.352. The predicted molar refractivity (Wildman–Crippen MR) is 96.0 cm³/mol. The average Bonchev–Trinajstić information content (AvgIpc) is 3.46. The monoisotopic (exact) mass is 361 g/mol. The van der Waals surface area contributed by atoms with E-state index in [1.165, 1.54) is 7.11 Å². The van der Waals surface area contributed by atoms with Gasteiger partial charge in [0.25, 0.3) is 0 Å². The Morgan fingerprint density at radius 2 is 1.88 bits per heavy atom. The van der Waals surface area contributed by atoms with E-state index in [-0.39, 0.29) is 23.1 Å². The molecular weight excluding hydrogens is 338 g/mol. The van der Waals surface area contributed by atoms with Crippen LogP contribution >= 0.6 is 0 Å². The van der Waals surface area contributed by atoms with Gasteiger partial charge in [0.2, 0.25) is 10.0 Å². The fraction of sp³-hybridized carbons (Fsp3) is 0.368. The van der Waals surface area contributed by atoms with Gasteiger partial charge in [-0.3, -0.25) is 0 Å². The molecule has 1 aliphatic carbocycles. The van der Waals surface area contributed by atoms with E-state index in [9.17, 15) is 13.5 Å². The number of sulfonamides is 1. The molecule has 0 amide bonds. The van der Waals surface area contributed by atoms with Crippen molar-refractivity contribution in [2.24, 2.45) is 5.92 Å². The Hall–Kier alpha value is -1.89. The van der Waals surface area contributed by atoms with Gasteiger partial charge < -0.3 is 9.84 Å². The summed E-state index contributed by atoms with van der Waals surface area (Å²) in [6, 6.07) is 14.2. The first-order chi connectivity index (χ1) is 11.9. The number of benzene rings is 2. The number of aliphatic hydroxyl groups is 1. The zero-order valence-electron chi connectivity index (χ0n) is 14.4. The fourth-order valence-corrected chi connectivity index (χ4v) is 4.37. The highest BCUT2D eigenvalue weighted by molar-refractivity contribution is 7.89. The molecule has 0 spiro atoms. The second-order valence-corrected chi connectivity index (χ2v) is 8.28. The standard InChI is InChI=1S/C19H23NO4S/c1-14-8-11-17(24-2)18(12-14)25(22,23)20-13-19(21,16-9-10-16)15-6-4-3-5-7-15/h3-8,11-12,16,20-21H,9-10,13H2,1-2H3. The van der Waals surface area contributed by atoms with Gasteiger partial charge in [0, 0.05) is 6.54 Å². The molecule has 0 aliphatic heterocycles. The molecule has 2 aromatic rings. The lowest BCUT2D eigenvalue weighted by atomic mass is 9.89. The van der Waals surface area contributed by atoms with Gasteiger partial charge in [-0.15, -0.1) is 0 Å². The van der Waals surface area contributed by atoms with Crippen molar-refractivity contribution < 1.29 is 18.3 Å². The van der Waals surface area contributed by atoms with Crippen LogP contribution in [-0.4, -0.2) is 27.2 Å². The van der Waals surface area contributed by atoms with Gasteiger partial charge in [-0.2, -0.15) is 0 Å². The Morgan fingerprint density at radius 3 is 2.48 bits per heavy atom. The number of nitrogens with one attached hydrogen (secondary N) is 1. The van der Waals surface area contributed by atoms with Crippen LogP contribution in [0.1, 0.15) is 24.0 Å². The Kier molecular flexibility index (Phi) is 4.86. The second kappa shape index (κ2) is 6.78. The van der Waals surface area contributed by atoms with Crippen molar-refractivity contribution in [2.75, 3.05) is 13.7 Å². The number of methoxy groups -OCH3 is 1. The number of ether oxygens (including phenoxy) is 1. The van der Waals surface area contributed by atoms with E-state index in [1.54, 1.807) is 18.2 Å². The molecule has 1 fully saturated rings. The van der Waals surface area contributed by atoms with E-state index in [0.29, 0.717) is 0 Å². The van der Waals surface area contributed by atoms with Crippen molar-refractivity contribution in [2.45, 2.75) is 30.3 Å². The zero-order chi connectivity index (χ0) is 18.1. The van der Waals surface area contributed by atoms with Crippen molar-refractivity contribution in [3.8, 4) is 5.75 Å². The molecule has 1 unspecified atom stereocenters.